The molecule has 3 atom stereocenters. The van der Waals surface area contributed by atoms with Crippen LogP contribution in [-0.2, 0) is 25.3 Å². The van der Waals surface area contributed by atoms with Gasteiger partial charge in [-0.15, -0.1) is 0 Å². The maximum Gasteiger partial charge on any atom is 0.410 e. The number of carbonyl (C=O) groups excluding carboxylic acids is 2. The highest BCUT2D eigenvalue weighted by Crippen LogP contribution is 2.37. The fraction of sp³-hybridized carbons (Fsp3) is 0.905. The van der Waals surface area contributed by atoms with E-state index in [0.717, 1.165) is 12.8 Å². The molecule has 1 aliphatic heterocycles. The number of rotatable bonds is 6. The van der Waals surface area contributed by atoms with Gasteiger partial charge in [0.15, 0.2) is 0 Å². The van der Waals surface area contributed by atoms with Gasteiger partial charge in [-0.3, -0.25) is 4.79 Å². The average molecular weight is 433 g/mol. The van der Waals surface area contributed by atoms with Crippen molar-refractivity contribution in [2.24, 2.45) is 5.41 Å². The van der Waals surface area contributed by atoms with Crippen molar-refractivity contribution in [3.8, 4) is 0 Å². The molecule has 0 bridgehead atoms. The summed E-state index contributed by atoms with van der Waals surface area (Å²) < 4.78 is 26.6. The fourth-order valence-electron chi connectivity index (χ4n) is 3.49. The van der Waals surface area contributed by atoms with E-state index in [-0.39, 0.29) is 25.2 Å². The predicted octanol–water partition coefficient (Wildman–Crippen LogP) is 3.79. The van der Waals surface area contributed by atoms with Crippen molar-refractivity contribution >= 4 is 23.0 Å². The van der Waals surface area contributed by atoms with Crippen LogP contribution in [0.25, 0.3) is 0 Å². The van der Waals surface area contributed by atoms with Gasteiger partial charge in [-0.2, -0.15) is 0 Å². The molecule has 7 nitrogen and oxygen atoms in total. The number of nitrogens with one attached hydrogen (secondary N) is 1. The molecule has 0 spiro atoms. The molecule has 1 heterocycles. The molecule has 1 aliphatic rings. The summed E-state index contributed by atoms with van der Waals surface area (Å²) in [5.41, 5.74) is -1.59. The van der Waals surface area contributed by atoms with E-state index in [4.69, 9.17) is 9.47 Å². The maximum absolute atomic E-state index is 13.2. The summed E-state index contributed by atoms with van der Waals surface area (Å²) in [6.07, 6.45) is 2.28. The van der Waals surface area contributed by atoms with Gasteiger partial charge in [-0.1, -0.05) is 13.3 Å². The predicted molar refractivity (Wildman–Crippen MR) is 116 cm³/mol. The highest BCUT2D eigenvalue weighted by Gasteiger charge is 2.50. The van der Waals surface area contributed by atoms with Gasteiger partial charge in [0.2, 0.25) is 0 Å². The van der Waals surface area contributed by atoms with Gasteiger partial charge in [0.05, 0.1) is 22.3 Å². The Kier molecular flexibility index (Phi) is 9.14. The molecule has 170 valence electrons. The first kappa shape index (κ1) is 25.9. The molecule has 0 aromatic rings. The van der Waals surface area contributed by atoms with Crippen LogP contribution in [-0.4, -0.2) is 57.3 Å². The van der Waals surface area contributed by atoms with E-state index < -0.39 is 32.8 Å². The van der Waals surface area contributed by atoms with Crippen LogP contribution in [0.5, 0.6) is 0 Å². The SMILES string of the molecule is CCOC(=O)[C@]1([C@@H](CC)N[S@](=O)C(C)(C)C)CCCCN(C(=O)OC(C)(C)C)C1. The van der Waals surface area contributed by atoms with Gasteiger partial charge in [0.1, 0.15) is 11.0 Å². The van der Waals surface area contributed by atoms with Gasteiger partial charge in [-0.05, 0) is 67.7 Å². The normalized spacial score (nSPS) is 23.1. The van der Waals surface area contributed by atoms with E-state index >= 15 is 0 Å². The molecule has 1 N–H and O–H groups in total. The summed E-state index contributed by atoms with van der Waals surface area (Å²) in [4.78, 5) is 27.6. The summed E-state index contributed by atoms with van der Waals surface area (Å²) >= 11 is 0. The van der Waals surface area contributed by atoms with E-state index in [2.05, 4.69) is 4.72 Å². The van der Waals surface area contributed by atoms with Crippen LogP contribution in [0.15, 0.2) is 0 Å². The first-order chi connectivity index (χ1) is 13.3. The highest BCUT2D eigenvalue weighted by atomic mass is 32.2. The van der Waals surface area contributed by atoms with E-state index in [1.54, 1.807) is 11.8 Å². The number of carbonyl (C=O) groups is 2. The monoisotopic (exact) mass is 432 g/mol. The number of hydrogen-bond acceptors (Lipinski definition) is 5. The van der Waals surface area contributed by atoms with E-state index in [0.29, 0.717) is 19.4 Å². The molecule has 0 aromatic carbocycles. The Morgan fingerprint density at radius 1 is 1.14 bits per heavy atom. The van der Waals surface area contributed by atoms with Gasteiger partial charge >= 0.3 is 12.1 Å². The maximum atomic E-state index is 13.2. The Labute approximate surface area is 178 Å². The van der Waals surface area contributed by atoms with Gasteiger partial charge < -0.3 is 14.4 Å². The third-order valence-electron chi connectivity index (χ3n) is 4.99. The van der Waals surface area contributed by atoms with E-state index in [9.17, 15) is 13.8 Å². The second kappa shape index (κ2) is 10.2. The highest BCUT2D eigenvalue weighted by molar-refractivity contribution is 7.84. The number of hydrogen-bond donors (Lipinski definition) is 1. The minimum absolute atomic E-state index is 0.188. The summed E-state index contributed by atoms with van der Waals surface area (Å²) in [7, 11) is -1.35. The lowest BCUT2D eigenvalue weighted by atomic mass is 9.75. The van der Waals surface area contributed by atoms with Crippen LogP contribution >= 0.6 is 0 Å². The molecular formula is C21H40N2O5S. The number of ether oxygens (including phenoxy) is 2. The minimum atomic E-state index is -1.35. The third kappa shape index (κ3) is 7.24. The molecule has 1 saturated heterocycles. The Bertz CT molecular complexity index is 597. The first-order valence-electron chi connectivity index (χ1n) is 10.6. The molecule has 0 unspecified atom stereocenters. The molecule has 0 radical (unpaired) electrons. The third-order valence-corrected chi connectivity index (χ3v) is 6.60. The zero-order valence-electron chi connectivity index (χ0n) is 19.4. The van der Waals surface area contributed by atoms with Crippen LogP contribution in [0.1, 0.15) is 81.1 Å². The lowest BCUT2D eigenvalue weighted by Gasteiger charge is -2.41. The minimum Gasteiger partial charge on any atom is -0.465 e. The van der Waals surface area contributed by atoms with Crippen LogP contribution in [0, 0.1) is 5.41 Å². The van der Waals surface area contributed by atoms with Gasteiger partial charge in [-0.25, -0.2) is 13.7 Å². The van der Waals surface area contributed by atoms with Crippen molar-refractivity contribution in [3.63, 3.8) is 0 Å². The first-order valence-corrected chi connectivity index (χ1v) is 11.7. The molecule has 1 rings (SSSR count). The molecule has 29 heavy (non-hydrogen) atoms. The molecule has 8 heteroatoms. The molecular weight excluding hydrogens is 392 g/mol. The average Bonchev–Trinajstić information content (AvgIpc) is 2.81. The van der Waals surface area contributed by atoms with E-state index in [1.165, 1.54) is 0 Å². The largest absolute Gasteiger partial charge is 0.465 e. The number of esters is 1. The van der Waals surface area contributed by atoms with Gasteiger partial charge in [0.25, 0.3) is 0 Å². The second-order valence-corrected chi connectivity index (χ2v) is 11.7. The fourth-order valence-corrected chi connectivity index (χ4v) is 4.49. The molecule has 0 aliphatic carbocycles. The Balaban J connectivity index is 3.29. The van der Waals surface area contributed by atoms with Crippen molar-refractivity contribution < 1.29 is 23.3 Å². The van der Waals surface area contributed by atoms with Crippen molar-refractivity contribution in [2.45, 2.75) is 97.5 Å². The zero-order chi connectivity index (χ0) is 22.5. The Morgan fingerprint density at radius 2 is 1.76 bits per heavy atom. The lowest BCUT2D eigenvalue weighted by Crippen LogP contribution is -2.58. The van der Waals surface area contributed by atoms with Gasteiger partial charge in [0, 0.05) is 19.1 Å². The van der Waals surface area contributed by atoms with Crippen LogP contribution in [0.4, 0.5) is 4.79 Å². The summed E-state index contributed by atoms with van der Waals surface area (Å²) in [6, 6.07) is -0.385. The lowest BCUT2D eigenvalue weighted by molar-refractivity contribution is -0.158. The van der Waals surface area contributed by atoms with Crippen molar-refractivity contribution in [2.75, 3.05) is 19.7 Å². The quantitative estimate of drug-likeness (QED) is 0.646. The topological polar surface area (TPSA) is 84.9 Å². The summed E-state index contributed by atoms with van der Waals surface area (Å²) in [6.45, 7) is 15.8. The number of amides is 1. The summed E-state index contributed by atoms with van der Waals surface area (Å²) in [5, 5.41) is 0. The van der Waals surface area contributed by atoms with Crippen molar-refractivity contribution in [1.29, 1.82) is 0 Å². The Morgan fingerprint density at radius 3 is 2.24 bits per heavy atom. The second-order valence-electron chi connectivity index (χ2n) is 9.70. The van der Waals surface area contributed by atoms with Crippen molar-refractivity contribution in [1.82, 2.24) is 9.62 Å². The molecule has 1 fully saturated rings. The van der Waals surface area contributed by atoms with E-state index in [1.807, 2.05) is 48.5 Å². The smallest absolute Gasteiger partial charge is 0.410 e. The summed E-state index contributed by atoms with van der Waals surface area (Å²) in [5.74, 6) is -0.347. The molecule has 0 aromatic heterocycles. The number of likely N-dealkylation sites (tertiary alicyclic amines) is 1. The molecule has 1 amide bonds. The zero-order valence-corrected chi connectivity index (χ0v) is 20.2. The molecule has 0 saturated carbocycles. The van der Waals surface area contributed by atoms with Crippen LogP contribution < -0.4 is 4.72 Å². The Hall–Kier alpha value is -1.15. The van der Waals surface area contributed by atoms with Crippen molar-refractivity contribution in [3.05, 3.63) is 0 Å². The van der Waals surface area contributed by atoms with Crippen LogP contribution in [0.2, 0.25) is 0 Å². The van der Waals surface area contributed by atoms with Crippen LogP contribution in [0.3, 0.4) is 0 Å². The number of nitrogens with zero attached hydrogens (tertiary/aromatic N) is 1. The standard InChI is InChI=1S/C21H40N2O5S/c1-9-16(22-29(26)20(6,7)8)21(17(24)27-10-2)13-11-12-14-23(15-21)18(25)28-19(3,4)5/h16,22H,9-15H2,1-8H3/t16-,21-,29-/m1/s1.